The van der Waals surface area contributed by atoms with Crippen LogP contribution in [0.25, 0.3) is 22.5 Å². The Hall–Kier alpha value is -3.68. The van der Waals surface area contributed by atoms with Crippen molar-refractivity contribution in [3.63, 3.8) is 0 Å². The van der Waals surface area contributed by atoms with E-state index in [1.54, 1.807) is 0 Å². The van der Waals surface area contributed by atoms with E-state index in [9.17, 15) is 4.79 Å². The van der Waals surface area contributed by atoms with Gasteiger partial charge in [0.1, 0.15) is 5.82 Å². The molecule has 8 heteroatoms. The second kappa shape index (κ2) is 12.1. The van der Waals surface area contributed by atoms with E-state index < -0.39 is 0 Å². The zero-order valence-corrected chi connectivity index (χ0v) is 20.6. The molecule has 0 bridgehead atoms. The van der Waals surface area contributed by atoms with E-state index in [1.165, 1.54) is 12.8 Å². The molecule has 0 fully saturated rings. The van der Waals surface area contributed by atoms with Gasteiger partial charge in [0.25, 0.3) is 0 Å². The molecule has 2 aromatic heterocycles. The van der Waals surface area contributed by atoms with E-state index in [0.29, 0.717) is 24.5 Å². The number of ketones is 1. The van der Waals surface area contributed by atoms with Crippen LogP contribution < -0.4 is 0 Å². The van der Waals surface area contributed by atoms with Crippen LogP contribution >= 0.6 is 0 Å². The Morgan fingerprint density at radius 3 is 2.40 bits per heavy atom. The maximum atomic E-state index is 12.6. The number of unbranched alkanes of at least 4 members (excludes halogenated alkanes) is 4. The third-order valence-electron chi connectivity index (χ3n) is 6.12. The number of hydrogen-bond acceptors (Lipinski definition) is 6. The van der Waals surface area contributed by atoms with E-state index in [1.807, 2.05) is 22.9 Å². The highest BCUT2D eigenvalue weighted by molar-refractivity contribution is 5.92. The van der Waals surface area contributed by atoms with Crippen LogP contribution in [0.1, 0.15) is 80.8 Å². The van der Waals surface area contributed by atoms with E-state index >= 15 is 0 Å². The first-order valence-corrected chi connectivity index (χ1v) is 12.6. The van der Waals surface area contributed by atoms with Crippen molar-refractivity contribution >= 4 is 5.78 Å². The lowest BCUT2D eigenvalue weighted by Gasteiger charge is -2.09. The van der Waals surface area contributed by atoms with Gasteiger partial charge in [0.15, 0.2) is 0 Å². The third kappa shape index (κ3) is 6.26. The molecular formula is C27H33N7O. The zero-order valence-electron chi connectivity index (χ0n) is 20.6. The van der Waals surface area contributed by atoms with Gasteiger partial charge < -0.3 is 0 Å². The molecule has 0 aliphatic rings. The summed E-state index contributed by atoms with van der Waals surface area (Å²) in [6.07, 6.45) is 7.58. The molecule has 2 aromatic carbocycles. The Bertz CT molecular complexity index is 1210. The molecule has 0 radical (unpaired) electrons. The summed E-state index contributed by atoms with van der Waals surface area (Å²) in [5, 5.41) is 19.1. The Balaban J connectivity index is 1.54. The van der Waals surface area contributed by atoms with Gasteiger partial charge in [-0.2, -0.15) is 5.21 Å². The highest BCUT2D eigenvalue weighted by atomic mass is 16.1. The standard InChI is InChI=1S/C27H33N7O/c1-3-5-7-10-18-34-25(28-27(31-34)24(35)13-6-4-2)19-20-14-16-21(17-15-20)22-11-8-9-12-23(22)26-29-32-33-30-26/h8-9,11-12,14-17H,3-7,10,13,18-19H2,1-2H3,(H,29,30,32,33). The predicted octanol–water partition coefficient (Wildman–Crippen LogP) is 5.67. The topological polar surface area (TPSA) is 102 Å². The molecule has 35 heavy (non-hydrogen) atoms. The lowest BCUT2D eigenvalue weighted by molar-refractivity contribution is 0.0969. The number of H-pyrrole nitrogens is 1. The zero-order chi connectivity index (χ0) is 24.5. The highest BCUT2D eigenvalue weighted by Crippen LogP contribution is 2.30. The fourth-order valence-corrected chi connectivity index (χ4v) is 4.13. The van der Waals surface area contributed by atoms with Gasteiger partial charge in [0.05, 0.1) is 0 Å². The first kappa shape index (κ1) is 24.4. The summed E-state index contributed by atoms with van der Waals surface area (Å²) in [5.74, 6) is 1.81. The van der Waals surface area contributed by atoms with Gasteiger partial charge in [-0.3, -0.25) is 4.79 Å². The van der Waals surface area contributed by atoms with Gasteiger partial charge in [-0.1, -0.05) is 88.1 Å². The van der Waals surface area contributed by atoms with Crippen LogP contribution in [0, 0.1) is 0 Å². The van der Waals surface area contributed by atoms with Crippen molar-refractivity contribution in [1.29, 1.82) is 0 Å². The number of aromatic nitrogens is 7. The molecule has 1 N–H and O–H groups in total. The lowest BCUT2D eigenvalue weighted by atomic mass is 9.98. The number of nitrogens with zero attached hydrogens (tertiary/aromatic N) is 6. The molecule has 4 rings (SSSR count). The van der Waals surface area contributed by atoms with Gasteiger partial charge in [0.2, 0.25) is 17.4 Å². The van der Waals surface area contributed by atoms with Crippen molar-refractivity contribution in [2.24, 2.45) is 0 Å². The number of nitrogens with one attached hydrogen (secondary N) is 1. The Morgan fingerprint density at radius 1 is 0.914 bits per heavy atom. The average Bonchev–Trinajstić information content (AvgIpc) is 3.56. The minimum Gasteiger partial charge on any atom is -0.291 e. The number of Topliss-reactive ketones (excluding diaryl/α,β-unsaturated/α-hetero) is 1. The second-order valence-corrected chi connectivity index (χ2v) is 8.82. The van der Waals surface area contributed by atoms with Crippen molar-refractivity contribution < 1.29 is 4.79 Å². The van der Waals surface area contributed by atoms with Crippen molar-refractivity contribution in [3.05, 3.63) is 65.7 Å². The summed E-state index contributed by atoms with van der Waals surface area (Å²) in [6.45, 7) is 5.08. The number of tetrazole rings is 1. The maximum absolute atomic E-state index is 12.6. The van der Waals surface area contributed by atoms with Gasteiger partial charge in [-0.15, -0.1) is 15.3 Å². The van der Waals surface area contributed by atoms with Crippen molar-refractivity contribution in [2.45, 2.75) is 71.8 Å². The molecule has 0 saturated carbocycles. The SMILES string of the molecule is CCCCCCn1nc(C(=O)CCCC)nc1Cc1ccc(-c2ccccc2-c2nn[nH]n2)cc1. The summed E-state index contributed by atoms with van der Waals surface area (Å²) in [4.78, 5) is 17.2. The average molecular weight is 472 g/mol. The molecule has 8 nitrogen and oxygen atoms in total. The number of carbonyl (C=O) groups excluding carboxylic acids is 1. The van der Waals surface area contributed by atoms with Crippen LogP contribution in [0.2, 0.25) is 0 Å². The van der Waals surface area contributed by atoms with E-state index in [2.05, 4.69) is 74.9 Å². The molecule has 0 saturated heterocycles. The van der Waals surface area contributed by atoms with Crippen LogP contribution in [0.3, 0.4) is 0 Å². The van der Waals surface area contributed by atoms with Crippen LogP contribution in [0.5, 0.6) is 0 Å². The summed E-state index contributed by atoms with van der Waals surface area (Å²) >= 11 is 0. The minimum absolute atomic E-state index is 0.0360. The van der Waals surface area contributed by atoms with Gasteiger partial charge in [-0.05, 0) is 34.7 Å². The largest absolute Gasteiger partial charge is 0.291 e. The highest BCUT2D eigenvalue weighted by Gasteiger charge is 2.17. The van der Waals surface area contributed by atoms with E-state index in [0.717, 1.165) is 60.3 Å². The van der Waals surface area contributed by atoms with Gasteiger partial charge >= 0.3 is 0 Å². The van der Waals surface area contributed by atoms with E-state index in [4.69, 9.17) is 0 Å². The summed E-state index contributed by atoms with van der Waals surface area (Å²) in [7, 11) is 0. The van der Waals surface area contributed by atoms with Gasteiger partial charge in [-0.25, -0.2) is 9.67 Å². The minimum atomic E-state index is 0.0360. The third-order valence-corrected chi connectivity index (χ3v) is 6.12. The number of hydrogen-bond donors (Lipinski definition) is 1. The molecule has 0 spiro atoms. The fraction of sp³-hybridized carbons (Fsp3) is 0.407. The number of aromatic amines is 1. The molecule has 0 amide bonds. The lowest BCUT2D eigenvalue weighted by Crippen LogP contribution is -2.07. The quantitative estimate of drug-likeness (QED) is 0.199. The summed E-state index contributed by atoms with van der Waals surface area (Å²) in [6, 6.07) is 16.4. The van der Waals surface area contributed by atoms with Crippen LogP contribution in [0.15, 0.2) is 48.5 Å². The number of carbonyl (C=O) groups is 1. The Morgan fingerprint density at radius 2 is 1.69 bits per heavy atom. The Kier molecular flexibility index (Phi) is 8.48. The smallest absolute Gasteiger partial charge is 0.217 e. The first-order valence-electron chi connectivity index (χ1n) is 12.6. The van der Waals surface area contributed by atoms with E-state index in [-0.39, 0.29) is 5.78 Å². The normalized spacial score (nSPS) is 11.1. The number of benzene rings is 2. The molecule has 0 unspecified atom stereocenters. The van der Waals surface area contributed by atoms with Crippen molar-refractivity contribution in [3.8, 4) is 22.5 Å². The molecule has 2 heterocycles. The molecule has 4 aromatic rings. The first-order chi connectivity index (χ1) is 17.2. The van der Waals surface area contributed by atoms with Gasteiger partial charge in [0, 0.05) is 24.9 Å². The fourth-order valence-electron chi connectivity index (χ4n) is 4.13. The molecule has 0 aliphatic carbocycles. The molecule has 182 valence electrons. The number of rotatable bonds is 13. The van der Waals surface area contributed by atoms with Crippen LogP contribution in [-0.2, 0) is 13.0 Å². The predicted molar refractivity (Wildman–Crippen MR) is 136 cm³/mol. The summed E-state index contributed by atoms with van der Waals surface area (Å²) < 4.78 is 1.94. The van der Waals surface area contributed by atoms with Crippen LogP contribution in [-0.4, -0.2) is 41.2 Å². The summed E-state index contributed by atoms with van der Waals surface area (Å²) in [5.41, 5.74) is 4.17. The van der Waals surface area contributed by atoms with Crippen molar-refractivity contribution in [2.75, 3.05) is 0 Å². The molecular weight excluding hydrogens is 438 g/mol. The van der Waals surface area contributed by atoms with Crippen molar-refractivity contribution in [1.82, 2.24) is 35.4 Å². The maximum Gasteiger partial charge on any atom is 0.217 e. The molecule has 0 atom stereocenters. The Labute approximate surface area is 206 Å². The number of aryl methyl sites for hydroxylation is 1. The molecule has 0 aliphatic heterocycles. The van der Waals surface area contributed by atoms with Crippen LogP contribution in [0.4, 0.5) is 0 Å². The second-order valence-electron chi connectivity index (χ2n) is 8.82. The monoisotopic (exact) mass is 471 g/mol.